The van der Waals surface area contributed by atoms with E-state index in [0.29, 0.717) is 24.3 Å². The van der Waals surface area contributed by atoms with Crippen LogP contribution in [0.1, 0.15) is 23.7 Å². The highest BCUT2D eigenvalue weighted by Gasteiger charge is 2.27. The number of benzene rings is 1. The van der Waals surface area contributed by atoms with Gasteiger partial charge in [-0.05, 0) is 18.2 Å². The van der Waals surface area contributed by atoms with Gasteiger partial charge in [0.25, 0.3) is 11.8 Å². The molecule has 0 aromatic heterocycles. The third kappa shape index (κ3) is 4.79. The summed E-state index contributed by atoms with van der Waals surface area (Å²) in [5.41, 5.74) is 0.745. The predicted molar refractivity (Wildman–Crippen MR) is 93.2 cm³/mol. The number of hydrogen-bond acceptors (Lipinski definition) is 6. The van der Waals surface area contributed by atoms with Crippen molar-refractivity contribution in [3.63, 3.8) is 0 Å². The van der Waals surface area contributed by atoms with Gasteiger partial charge in [0.05, 0.1) is 32.3 Å². The number of rotatable bonds is 6. The summed E-state index contributed by atoms with van der Waals surface area (Å²) in [6.45, 7) is 2.58. The van der Waals surface area contributed by atoms with Gasteiger partial charge in [0.15, 0.2) is 0 Å². The minimum Gasteiger partial charge on any atom is -0.469 e. The lowest BCUT2D eigenvalue weighted by molar-refractivity contribution is -0.140. The van der Waals surface area contributed by atoms with E-state index in [1.54, 1.807) is 18.2 Å². The lowest BCUT2D eigenvalue weighted by atomic mass is 10.1. The molecule has 1 aromatic carbocycles. The molecule has 2 N–H and O–H groups in total. The number of carbonyl (C=O) groups is 4. The number of amides is 3. The van der Waals surface area contributed by atoms with Crippen LogP contribution in [-0.2, 0) is 19.1 Å². The van der Waals surface area contributed by atoms with Gasteiger partial charge in [-0.3, -0.25) is 19.2 Å². The third-order valence-electron chi connectivity index (χ3n) is 3.80. The van der Waals surface area contributed by atoms with Crippen molar-refractivity contribution in [2.24, 2.45) is 0 Å². The van der Waals surface area contributed by atoms with E-state index in [9.17, 15) is 19.2 Å². The zero-order valence-corrected chi connectivity index (χ0v) is 14.8. The smallest absolute Gasteiger partial charge is 0.307 e. The molecule has 1 aromatic rings. The molecule has 0 unspecified atom stereocenters. The Hall–Kier alpha value is -2.94. The summed E-state index contributed by atoms with van der Waals surface area (Å²) >= 11 is 0. The number of carbonyl (C=O) groups excluding carboxylic acids is 4. The highest BCUT2D eigenvalue weighted by Crippen LogP contribution is 2.19. The van der Waals surface area contributed by atoms with Crippen LogP contribution >= 0.6 is 0 Å². The van der Waals surface area contributed by atoms with Gasteiger partial charge < -0.3 is 15.4 Å². The van der Waals surface area contributed by atoms with E-state index in [0.717, 1.165) is 0 Å². The number of anilines is 1. The summed E-state index contributed by atoms with van der Waals surface area (Å²) in [6.07, 6.45) is 0.0663. The van der Waals surface area contributed by atoms with Gasteiger partial charge >= 0.3 is 5.97 Å². The minimum absolute atomic E-state index is 0.0663. The fraction of sp³-hybridized carbons (Fsp3) is 0.412. The topological polar surface area (TPSA) is 108 Å². The van der Waals surface area contributed by atoms with Gasteiger partial charge in [0.1, 0.15) is 0 Å². The second-order valence-electron chi connectivity index (χ2n) is 5.66. The molecule has 26 heavy (non-hydrogen) atoms. The first-order valence-electron chi connectivity index (χ1n) is 8.21. The third-order valence-corrected chi connectivity index (χ3v) is 3.80. The van der Waals surface area contributed by atoms with Gasteiger partial charge in [0.2, 0.25) is 5.91 Å². The summed E-state index contributed by atoms with van der Waals surface area (Å²) < 4.78 is 4.51. The fourth-order valence-electron chi connectivity index (χ4n) is 2.56. The van der Waals surface area contributed by atoms with Crippen molar-refractivity contribution in [1.29, 1.82) is 0 Å². The number of nitrogens with zero attached hydrogens (tertiary/aromatic N) is 2. The summed E-state index contributed by atoms with van der Waals surface area (Å²) in [5.74, 6) is -1.35. The molecule has 0 saturated carbocycles. The van der Waals surface area contributed by atoms with E-state index in [1.165, 1.54) is 30.1 Å². The van der Waals surface area contributed by atoms with Crippen LogP contribution in [0.25, 0.3) is 0 Å². The van der Waals surface area contributed by atoms with E-state index in [2.05, 4.69) is 15.4 Å². The molecule has 2 rings (SSSR count). The predicted octanol–water partition coefficient (Wildman–Crippen LogP) is -0.321. The Labute approximate surface area is 151 Å². The molecule has 1 aliphatic heterocycles. The summed E-state index contributed by atoms with van der Waals surface area (Å²) in [6, 6.07) is 6.41. The number of hydrogen-bond donors (Lipinski definition) is 2. The van der Waals surface area contributed by atoms with Crippen LogP contribution in [0.4, 0.5) is 5.69 Å². The number of esters is 1. The maximum Gasteiger partial charge on any atom is 0.307 e. The van der Waals surface area contributed by atoms with Crippen molar-refractivity contribution in [2.45, 2.75) is 13.3 Å². The van der Waals surface area contributed by atoms with Crippen LogP contribution in [0.2, 0.25) is 0 Å². The Morgan fingerprint density at radius 3 is 2.77 bits per heavy atom. The first-order chi connectivity index (χ1) is 12.4. The molecule has 0 spiro atoms. The molecule has 140 valence electrons. The average Bonchev–Trinajstić information content (AvgIpc) is 2.63. The number of hydrazine groups is 1. The molecular weight excluding hydrogens is 340 g/mol. The van der Waals surface area contributed by atoms with E-state index >= 15 is 0 Å². The molecule has 1 heterocycles. The van der Waals surface area contributed by atoms with Crippen molar-refractivity contribution >= 4 is 29.4 Å². The largest absolute Gasteiger partial charge is 0.469 e. The highest BCUT2D eigenvalue weighted by atomic mass is 16.5. The van der Waals surface area contributed by atoms with Crippen LogP contribution in [0, 0.1) is 0 Å². The Balaban J connectivity index is 2.14. The molecular formula is C17H22N4O5. The zero-order valence-electron chi connectivity index (χ0n) is 14.8. The Morgan fingerprint density at radius 2 is 2.12 bits per heavy atom. The standard InChI is InChI=1S/C17H22N4O5/c1-12(22)21(20-9-8-18-11-15(20)23)14-5-3-4-13(10-14)17(25)19-7-6-16(24)26-2/h3-5,10,18H,6-9,11H2,1-2H3,(H,19,25). The minimum atomic E-state index is -0.418. The van der Waals surface area contributed by atoms with Crippen LogP contribution < -0.4 is 15.6 Å². The molecule has 0 atom stereocenters. The molecule has 0 radical (unpaired) electrons. The van der Waals surface area contributed by atoms with Gasteiger partial charge in [-0.1, -0.05) is 6.07 Å². The number of piperazine rings is 1. The molecule has 9 heteroatoms. The van der Waals surface area contributed by atoms with Crippen LogP contribution in [0.15, 0.2) is 24.3 Å². The second-order valence-corrected chi connectivity index (χ2v) is 5.66. The van der Waals surface area contributed by atoms with Crippen molar-refractivity contribution in [2.75, 3.05) is 38.3 Å². The van der Waals surface area contributed by atoms with E-state index < -0.39 is 5.97 Å². The molecule has 0 aliphatic carbocycles. The Kier molecular flexibility index (Phi) is 6.67. The fourth-order valence-corrected chi connectivity index (χ4v) is 2.56. The number of ether oxygens (including phenoxy) is 1. The van der Waals surface area contributed by atoms with Gasteiger partial charge in [-0.15, -0.1) is 0 Å². The highest BCUT2D eigenvalue weighted by molar-refractivity contribution is 5.99. The summed E-state index contributed by atoms with van der Waals surface area (Å²) in [4.78, 5) is 47.6. The van der Waals surface area contributed by atoms with Crippen molar-refractivity contribution in [3.05, 3.63) is 29.8 Å². The molecule has 9 nitrogen and oxygen atoms in total. The SMILES string of the molecule is COC(=O)CCNC(=O)c1cccc(N(C(C)=O)N2CCNCC2=O)c1. The summed E-state index contributed by atoms with van der Waals surface area (Å²) in [5, 5.41) is 8.20. The van der Waals surface area contributed by atoms with Crippen molar-refractivity contribution < 1.29 is 23.9 Å². The summed E-state index contributed by atoms with van der Waals surface area (Å²) in [7, 11) is 1.28. The monoisotopic (exact) mass is 362 g/mol. The zero-order chi connectivity index (χ0) is 19.1. The van der Waals surface area contributed by atoms with E-state index in [-0.39, 0.29) is 37.2 Å². The number of methoxy groups -OCH3 is 1. The maximum atomic E-state index is 12.2. The van der Waals surface area contributed by atoms with E-state index in [1.807, 2.05) is 0 Å². The lowest BCUT2D eigenvalue weighted by Gasteiger charge is -2.36. The normalized spacial score (nSPS) is 13.9. The molecule has 3 amide bonds. The number of nitrogens with one attached hydrogen (secondary N) is 2. The first-order valence-corrected chi connectivity index (χ1v) is 8.21. The second kappa shape index (κ2) is 8.95. The first kappa shape index (κ1) is 19.4. The Bertz CT molecular complexity index is 706. The average molecular weight is 362 g/mol. The molecule has 1 saturated heterocycles. The van der Waals surface area contributed by atoms with Gasteiger partial charge in [-0.2, -0.15) is 0 Å². The maximum absolute atomic E-state index is 12.2. The van der Waals surface area contributed by atoms with Gasteiger partial charge in [0, 0.05) is 25.6 Å². The van der Waals surface area contributed by atoms with Gasteiger partial charge in [-0.25, -0.2) is 10.0 Å². The molecule has 0 bridgehead atoms. The molecule has 1 aliphatic rings. The lowest BCUT2D eigenvalue weighted by Crippen LogP contribution is -2.57. The van der Waals surface area contributed by atoms with E-state index in [4.69, 9.17) is 0 Å². The van der Waals surface area contributed by atoms with Crippen molar-refractivity contribution in [1.82, 2.24) is 15.6 Å². The molecule has 1 fully saturated rings. The van der Waals surface area contributed by atoms with Crippen LogP contribution in [0.5, 0.6) is 0 Å². The van der Waals surface area contributed by atoms with Crippen molar-refractivity contribution in [3.8, 4) is 0 Å². The van der Waals surface area contributed by atoms with Crippen LogP contribution in [-0.4, -0.2) is 62.0 Å². The Morgan fingerprint density at radius 1 is 1.35 bits per heavy atom. The van der Waals surface area contributed by atoms with Crippen LogP contribution in [0.3, 0.4) is 0 Å². The quantitative estimate of drug-likeness (QED) is 0.672.